The highest BCUT2D eigenvalue weighted by atomic mass is 16.5. The second kappa shape index (κ2) is 8.48. The first kappa shape index (κ1) is 14.5. The molecule has 0 aromatic heterocycles. The molecule has 1 fully saturated rings. The summed E-state index contributed by atoms with van der Waals surface area (Å²) >= 11 is 0. The summed E-state index contributed by atoms with van der Waals surface area (Å²) in [6.45, 7) is 7.54. The summed E-state index contributed by atoms with van der Waals surface area (Å²) in [7, 11) is 0. The Morgan fingerprint density at radius 2 is 1.82 bits per heavy atom. The Balaban J connectivity index is 1.96. The zero-order valence-corrected chi connectivity index (χ0v) is 11.1. The Bertz CT molecular complexity index is 213. The van der Waals surface area contributed by atoms with Crippen LogP contribution in [0.25, 0.3) is 0 Å². The molecule has 0 aromatic carbocycles. The van der Waals surface area contributed by atoms with Gasteiger partial charge in [0.25, 0.3) is 0 Å². The summed E-state index contributed by atoms with van der Waals surface area (Å²) in [5.41, 5.74) is 0. The third-order valence-electron chi connectivity index (χ3n) is 2.85. The maximum Gasteiger partial charge on any atom is 0.224 e. The zero-order chi connectivity index (χ0) is 12.5. The van der Waals surface area contributed by atoms with Gasteiger partial charge in [-0.25, -0.2) is 0 Å². The molecule has 4 heteroatoms. The summed E-state index contributed by atoms with van der Waals surface area (Å²) < 4.78 is 10.7. The number of carbonyl (C=O) groups is 1. The Labute approximate surface area is 104 Å². The molecule has 0 bridgehead atoms. The van der Waals surface area contributed by atoms with Gasteiger partial charge in [-0.3, -0.25) is 4.79 Å². The van der Waals surface area contributed by atoms with E-state index in [4.69, 9.17) is 9.47 Å². The number of ether oxygens (including phenoxy) is 2. The molecule has 0 aliphatic carbocycles. The summed E-state index contributed by atoms with van der Waals surface area (Å²) in [5, 5.41) is 0. The molecule has 4 nitrogen and oxygen atoms in total. The van der Waals surface area contributed by atoms with Crippen molar-refractivity contribution in [2.45, 2.75) is 45.6 Å². The summed E-state index contributed by atoms with van der Waals surface area (Å²) in [4.78, 5) is 13.7. The topological polar surface area (TPSA) is 38.8 Å². The average Bonchev–Trinajstić information content (AvgIpc) is 2.34. The maximum absolute atomic E-state index is 11.8. The molecule has 1 aliphatic heterocycles. The predicted molar refractivity (Wildman–Crippen MR) is 67.0 cm³/mol. The van der Waals surface area contributed by atoms with Crippen LogP contribution in [0.3, 0.4) is 0 Å². The van der Waals surface area contributed by atoms with E-state index in [1.807, 2.05) is 18.7 Å². The van der Waals surface area contributed by atoms with Gasteiger partial charge in [-0.2, -0.15) is 0 Å². The number of piperidine rings is 1. The van der Waals surface area contributed by atoms with Gasteiger partial charge in [0.2, 0.25) is 5.91 Å². The number of likely N-dealkylation sites (tertiary alicyclic amines) is 1. The molecule has 17 heavy (non-hydrogen) atoms. The predicted octanol–water partition coefficient (Wildman–Crippen LogP) is 1.83. The number of hydrogen-bond acceptors (Lipinski definition) is 3. The van der Waals surface area contributed by atoms with Crippen molar-refractivity contribution in [1.82, 2.24) is 4.90 Å². The quantitative estimate of drug-likeness (QED) is 0.640. The van der Waals surface area contributed by atoms with Crippen molar-refractivity contribution in [3.05, 3.63) is 0 Å². The first-order chi connectivity index (χ1) is 8.20. The summed E-state index contributed by atoms with van der Waals surface area (Å²) in [6.07, 6.45) is 4.30. The fourth-order valence-electron chi connectivity index (χ4n) is 1.91. The minimum atomic E-state index is 0.231. The van der Waals surface area contributed by atoms with E-state index in [9.17, 15) is 4.79 Å². The van der Waals surface area contributed by atoms with Crippen molar-refractivity contribution in [2.75, 3.05) is 32.9 Å². The van der Waals surface area contributed by atoms with Crippen molar-refractivity contribution in [2.24, 2.45) is 0 Å². The first-order valence-corrected chi connectivity index (χ1v) is 6.67. The number of amides is 1. The van der Waals surface area contributed by atoms with Gasteiger partial charge in [0.1, 0.15) is 0 Å². The Kier molecular flexibility index (Phi) is 7.21. The van der Waals surface area contributed by atoms with Crippen molar-refractivity contribution < 1.29 is 14.3 Å². The molecular formula is C13H25NO3. The van der Waals surface area contributed by atoms with Crippen LogP contribution in [0.4, 0.5) is 0 Å². The van der Waals surface area contributed by atoms with Crippen LogP contribution in [0.15, 0.2) is 0 Å². The van der Waals surface area contributed by atoms with Crippen LogP contribution in [-0.4, -0.2) is 49.8 Å². The van der Waals surface area contributed by atoms with Crippen molar-refractivity contribution in [1.29, 1.82) is 0 Å². The van der Waals surface area contributed by atoms with Crippen molar-refractivity contribution in [3.8, 4) is 0 Å². The summed E-state index contributed by atoms with van der Waals surface area (Å²) in [6, 6.07) is 0. The second-order valence-corrected chi connectivity index (χ2v) is 4.72. The Hall–Kier alpha value is -0.610. The van der Waals surface area contributed by atoms with E-state index < -0.39 is 0 Å². The molecule has 1 aliphatic rings. The van der Waals surface area contributed by atoms with Gasteiger partial charge < -0.3 is 14.4 Å². The monoisotopic (exact) mass is 243 g/mol. The third-order valence-corrected chi connectivity index (χ3v) is 2.85. The van der Waals surface area contributed by atoms with E-state index >= 15 is 0 Å². The number of nitrogens with zero attached hydrogens (tertiary/aromatic N) is 1. The molecule has 1 saturated heterocycles. The molecule has 0 aromatic rings. The van der Waals surface area contributed by atoms with Gasteiger partial charge in [-0.15, -0.1) is 0 Å². The van der Waals surface area contributed by atoms with Crippen LogP contribution >= 0.6 is 0 Å². The number of hydrogen-bond donors (Lipinski definition) is 0. The smallest absolute Gasteiger partial charge is 0.224 e. The second-order valence-electron chi connectivity index (χ2n) is 4.72. The fraction of sp³-hybridized carbons (Fsp3) is 0.923. The highest BCUT2D eigenvalue weighted by Crippen LogP contribution is 2.09. The number of rotatable bonds is 7. The molecule has 0 N–H and O–H groups in total. The van der Waals surface area contributed by atoms with E-state index in [1.165, 1.54) is 6.42 Å². The van der Waals surface area contributed by atoms with Crippen LogP contribution in [0, 0.1) is 0 Å². The molecule has 100 valence electrons. The lowest BCUT2D eigenvalue weighted by Crippen LogP contribution is -2.36. The number of carbonyl (C=O) groups excluding carboxylic acids is 1. The van der Waals surface area contributed by atoms with E-state index in [2.05, 4.69) is 0 Å². The molecule has 0 atom stereocenters. The molecule has 1 rings (SSSR count). The van der Waals surface area contributed by atoms with Crippen LogP contribution in [0.2, 0.25) is 0 Å². The zero-order valence-electron chi connectivity index (χ0n) is 11.1. The minimum Gasteiger partial charge on any atom is -0.379 e. The van der Waals surface area contributed by atoms with Gasteiger partial charge >= 0.3 is 0 Å². The SMILES string of the molecule is CC(C)OCCOCCC(=O)N1CCCCC1. The molecule has 0 saturated carbocycles. The standard InChI is InChI=1S/C13H25NO3/c1-12(2)17-11-10-16-9-6-13(15)14-7-4-3-5-8-14/h12H,3-11H2,1-2H3. The van der Waals surface area contributed by atoms with E-state index in [1.54, 1.807) is 0 Å². The van der Waals surface area contributed by atoms with Crippen LogP contribution in [-0.2, 0) is 14.3 Å². The maximum atomic E-state index is 11.8. The third kappa shape index (κ3) is 6.64. The lowest BCUT2D eigenvalue weighted by Gasteiger charge is -2.26. The fourth-order valence-corrected chi connectivity index (χ4v) is 1.91. The van der Waals surface area contributed by atoms with Gasteiger partial charge in [0.15, 0.2) is 0 Å². The lowest BCUT2D eigenvalue weighted by molar-refractivity contribution is -0.133. The van der Waals surface area contributed by atoms with E-state index in [-0.39, 0.29) is 12.0 Å². The lowest BCUT2D eigenvalue weighted by atomic mass is 10.1. The Morgan fingerprint density at radius 1 is 1.12 bits per heavy atom. The average molecular weight is 243 g/mol. The van der Waals surface area contributed by atoms with Gasteiger partial charge in [-0.05, 0) is 33.1 Å². The largest absolute Gasteiger partial charge is 0.379 e. The Morgan fingerprint density at radius 3 is 2.47 bits per heavy atom. The molecule has 0 unspecified atom stereocenters. The first-order valence-electron chi connectivity index (χ1n) is 6.67. The normalized spacial score (nSPS) is 16.5. The van der Waals surface area contributed by atoms with Crippen LogP contribution in [0.1, 0.15) is 39.5 Å². The van der Waals surface area contributed by atoms with E-state index in [0.717, 1.165) is 25.9 Å². The van der Waals surface area contributed by atoms with E-state index in [0.29, 0.717) is 26.2 Å². The van der Waals surface area contributed by atoms with Gasteiger partial charge in [-0.1, -0.05) is 0 Å². The van der Waals surface area contributed by atoms with Crippen LogP contribution < -0.4 is 0 Å². The molecule has 0 spiro atoms. The van der Waals surface area contributed by atoms with Crippen molar-refractivity contribution >= 4 is 5.91 Å². The van der Waals surface area contributed by atoms with Crippen molar-refractivity contribution in [3.63, 3.8) is 0 Å². The molecule has 1 amide bonds. The minimum absolute atomic E-state index is 0.231. The summed E-state index contributed by atoms with van der Waals surface area (Å²) in [5.74, 6) is 0.231. The highest BCUT2D eigenvalue weighted by Gasteiger charge is 2.15. The van der Waals surface area contributed by atoms with Gasteiger partial charge in [0.05, 0.1) is 32.3 Å². The molecule has 1 heterocycles. The van der Waals surface area contributed by atoms with Gasteiger partial charge in [0, 0.05) is 13.1 Å². The highest BCUT2D eigenvalue weighted by molar-refractivity contribution is 5.76. The molecule has 0 radical (unpaired) electrons. The van der Waals surface area contributed by atoms with Crippen LogP contribution in [0.5, 0.6) is 0 Å². The molecular weight excluding hydrogens is 218 g/mol.